The molecule has 2 aliphatic heterocycles. The number of hydrogen-bond acceptors (Lipinski definition) is 3. The molecule has 124 valence electrons. The van der Waals surface area contributed by atoms with Crippen molar-refractivity contribution >= 4 is 18.3 Å². The smallest absolute Gasteiger partial charge is 0.223 e. The van der Waals surface area contributed by atoms with Crippen molar-refractivity contribution in [1.29, 1.82) is 0 Å². The number of carbonyl (C=O) groups excluding carboxylic acids is 1. The maximum atomic E-state index is 12.0. The van der Waals surface area contributed by atoms with Gasteiger partial charge >= 0.3 is 0 Å². The second-order valence-corrected chi connectivity index (χ2v) is 6.87. The lowest BCUT2D eigenvalue weighted by molar-refractivity contribution is -0.125. The second kappa shape index (κ2) is 9.65. The Bertz CT molecular complexity index is 298. The lowest BCUT2D eigenvalue weighted by Crippen LogP contribution is -2.41. The standard InChI is InChI=1S/C16H31N3O.ClH/c1-13-10-14(2)12-19(11-13)9-3-6-18-16(20)15-4-7-17-8-5-15;/h13-15,17H,3-12H2,1-2H3,(H,18,20);1H. The Hall–Kier alpha value is -0.320. The Labute approximate surface area is 135 Å². The van der Waals surface area contributed by atoms with Crippen LogP contribution in [0, 0.1) is 17.8 Å². The highest BCUT2D eigenvalue weighted by Crippen LogP contribution is 2.20. The first-order valence-electron chi connectivity index (χ1n) is 8.36. The van der Waals surface area contributed by atoms with Crippen LogP contribution in [0.2, 0.25) is 0 Å². The van der Waals surface area contributed by atoms with Gasteiger partial charge in [-0.15, -0.1) is 12.4 Å². The fourth-order valence-corrected chi connectivity index (χ4v) is 3.72. The number of amides is 1. The van der Waals surface area contributed by atoms with Crippen molar-refractivity contribution in [1.82, 2.24) is 15.5 Å². The van der Waals surface area contributed by atoms with E-state index in [1.54, 1.807) is 0 Å². The van der Waals surface area contributed by atoms with E-state index in [0.717, 1.165) is 57.3 Å². The van der Waals surface area contributed by atoms with Crippen molar-refractivity contribution < 1.29 is 4.79 Å². The van der Waals surface area contributed by atoms with Gasteiger partial charge in [0.05, 0.1) is 0 Å². The zero-order valence-electron chi connectivity index (χ0n) is 13.6. The molecule has 0 aromatic rings. The van der Waals surface area contributed by atoms with Crippen molar-refractivity contribution in [2.45, 2.75) is 39.5 Å². The second-order valence-electron chi connectivity index (χ2n) is 6.87. The van der Waals surface area contributed by atoms with Gasteiger partial charge in [-0.2, -0.15) is 0 Å². The number of piperidine rings is 2. The first-order chi connectivity index (χ1) is 9.65. The third-order valence-corrected chi connectivity index (χ3v) is 4.60. The molecule has 0 spiro atoms. The molecule has 1 amide bonds. The molecule has 2 rings (SSSR count). The Morgan fingerprint density at radius 3 is 2.43 bits per heavy atom. The summed E-state index contributed by atoms with van der Waals surface area (Å²) < 4.78 is 0. The van der Waals surface area contributed by atoms with Crippen LogP contribution in [0.25, 0.3) is 0 Å². The number of hydrogen-bond donors (Lipinski definition) is 2. The summed E-state index contributed by atoms with van der Waals surface area (Å²) in [7, 11) is 0. The summed E-state index contributed by atoms with van der Waals surface area (Å²) in [6, 6.07) is 0. The Morgan fingerprint density at radius 2 is 1.81 bits per heavy atom. The van der Waals surface area contributed by atoms with Gasteiger partial charge in [-0.1, -0.05) is 13.8 Å². The minimum atomic E-state index is 0. The molecule has 0 aromatic heterocycles. The zero-order chi connectivity index (χ0) is 14.4. The molecule has 0 saturated carbocycles. The van der Waals surface area contributed by atoms with E-state index >= 15 is 0 Å². The Morgan fingerprint density at radius 1 is 1.19 bits per heavy atom. The third kappa shape index (κ3) is 6.54. The van der Waals surface area contributed by atoms with Crippen LogP contribution >= 0.6 is 12.4 Å². The number of halogens is 1. The van der Waals surface area contributed by atoms with Crippen molar-refractivity contribution in [2.24, 2.45) is 17.8 Å². The van der Waals surface area contributed by atoms with Crippen LogP contribution in [0.1, 0.15) is 39.5 Å². The monoisotopic (exact) mass is 317 g/mol. The normalized spacial score (nSPS) is 27.9. The molecule has 2 fully saturated rings. The summed E-state index contributed by atoms with van der Waals surface area (Å²) in [5.41, 5.74) is 0. The molecule has 2 N–H and O–H groups in total. The van der Waals surface area contributed by atoms with Crippen molar-refractivity contribution in [3.05, 3.63) is 0 Å². The van der Waals surface area contributed by atoms with E-state index in [-0.39, 0.29) is 24.2 Å². The molecule has 4 nitrogen and oxygen atoms in total. The summed E-state index contributed by atoms with van der Waals surface area (Å²) in [5, 5.41) is 6.42. The van der Waals surface area contributed by atoms with Gasteiger partial charge in [-0.05, 0) is 57.2 Å². The van der Waals surface area contributed by atoms with Crippen molar-refractivity contribution in [2.75, 3.05) is 39.3 Å². The van der Waals surface area contributed by atoms with Crippen LogP contribution in [0.3, 0.4) is 0 Å². The molecule has 2 unspecified atom stereocenters. The highest BCUT2D eigenvalue weighted by Gasteiger charge is 2.22. The topological polar surface area (TPSA) is 44.4 Å². The van der Waals surface area contributed by atoms with Gasteiger partial charge in [0.15, 0.2) is 0 Å². The average Bonchev–Trinajstić information content (AvgIpc) is 2.43. The molecular weight excluding hydrogens is 286 g/mol. The Kier molecular flexibility index (Phi) is 8.60. The number of nitrogens with zero attached hydrogens (tertiary/aromatic N) is 1. The fourth-order valence-electron chi connectivity index (χ4n) is 3.72. The van der Waals surface area contributed by atoms with E-state index in [1.807, 2.05) is 0 Å². The van der Waals surface area contributed by atoms with Crippen LogP contribution in [-0.4, -0.2) is 50.1 Å². The maximum absolute atomic E-state index is 12.0. The molecule has 2 atom stereocenters. The van der Waals surface area contributed by atoms with E-state index in [1.165, 1.54) is 19.5 Å². The predicted molar refractivity (Wildman–Crippen MR) is 89.9 cm³/mol. The van der Waals surface area contributed by atoms with Gasteiger partial charge in [0, 0.05) is 25.6 Å². The molecular formula is C16H32ClN3O. The molecule has 0 aliphatic carbocycles. The molecule has 2 aliphatic rings. The van der Waals surface area contributed by atoms with Crippen molar-refractivity contribution in [3.8, 4) is 0 Å². The average molecular weight is 318 g/mol. The first-order valence-corrected chi connectivity index (χ1v) is 8.36. The van der Waals surface area contributed by atoms with Gasteiger partial charge in [0.1, 0.15) is 0 Å². The SMILES string of the molecule is CC1CC(C)CN(CCCNC(=O)C2CCNCC2)C1.Cl. The van der Waals surface area contributed by atoms with Crippen LogP contribution in [0.15, 0.2) is 0 Å². The van der Waals surface area contributed by atoms with Gasteiger partial charge < -0.3 is 15.5 Å². The molecule has 5 heteroatoms. The summed E-state index contributed by atoms with van der Waals surface area (Å²) >= 11 is 0. The van der Waals surface area contributed by atoms with Crippen molar-refractivity contribution in [3.63, 3.8) is 0 Å². The molecule has 0 aromatic carbocycles. The quantitative estimate of drug-likeness (QED) is 0.761. The van der Waals surface area contributed by atoms with Gasteiger partial charge in [-0.3, -0.25) is 4.79 Å². The largest absolute Gasteiger partial charge is 0.356 e. The number of carbonyl (C=O) groups is 1. The lowest BCUT2D eigenvalue weighted by Gasteiger charge is -2.35. The molecule has 2 saturated heterocycles. The minimum absolute atomic E-state index is 0. The van der Waals surface area contributed by atoms with E-state index < -0.39 is 0 Å². The van der Waals surface area contributed by atoms with Crippen LogP contribution in [-0.2, 0) is 4.79 Å². The van der Waals surface area contributed by atoms with Crippen LogP contribution in [0.4, 0.5) is 0 Å². The zero-order valence-corrected chi connectivity index (χ0v) is 14.4. The summed E-state index contributed by atoms with van der Waals surface area (Å²) in [4.78, 5) is 14.6. The highest BCUT2D eigenvalue weighted by atomic mass is 35.5. The summed E-state index contributed by atoms with van der Waals surface area (Å²) in [5.74, 6) is 2.16. The highest BCUT2D eigenvalue weighted by molar-refractivity contribution is 5.85. The van der Waals surface area contributed by atoms with Gasteiger partial charge in [-0.25, -0.2) is 0 Å². The molecule has 0 radical (unpaired) electrons. The predicted octanol–water partition coefficient (Wildman–Crippen LogP) is 1.89. The van der Waals surface area contributed by atoms with E-state index in [2.05, 4.69) is 29.4 Å². The van der Waals surface area contributed by atoms with E-state index in [0.29, 0.717) is 0 Å². The summed E-state index contributed by atoms with van der Waals surface area (Å²) in [6.45, 7) is 11.1. The molecule has 2 heterocycles. The summed E-state index contributed by atoms with van der Waals surface area (Å²) in [6.07, 6.45) is 4.43. The third-order valence-electron chi connectivity index (χ3n) is 4.60. The van der Waals surface area contributed by atoms with E-state index in [4.69, 9.17) is 0 Å². The number of rotatable bonds is 5. The first kappa shape index (κ1) is 18.7. The molecule has 0 bridgehead atoms. The van der Waals surface area contributed by atoms with Gasteiger partial charge in [0.25, 0.3) is 0 Å². The molecule has 21 heavy (non-hydrogen) atoms. The van der Waals surface area contributed by atoms with Crippen LogP contribution in [0.5, 0.6) is 0 Å². The number of likely N-dealkylation sites (tertiary alicyclic amines) is 1. The minimum Gasteiger partial charge on any atom is -0.356 e. The fraction of sp³-hybridized carbons (Fsp3) is 0.938. The lowest BCUT2D eigenvalue weighted by atomic mass is 9.92. The van der Waals surface area contributed by atoms with E-state index in [9.17, 15) is 4.79 Å². The number of nitrogens with one attached hydrogen (secondary N) is 2. The van der Waals surface area contributed by atoms with Gasteiger partial charge in [0.2, 0.25) is 5.91 Å². The Balaban J connectivity index is 0.00000220. The van der Waals surface area contributed by atoms with Crippen LogP contribution < -0.4 is 10.6 Å². The maximum Gasteiger partial charge on any atom is 0.223 e.